The molecule has 6 nitrogen and oxygen atoms in total. The largest absolute Gasteiger partial charge is 0.244 e. The van der Waals surface area contributed by atoms with Gasteiger partial charge in [-0.1, -0.05) is 12.8 Å². The first-order valence-electron chi connectivity index (χ1n) is 5.76. The molecule has 3 rings (SSSR count). The third-order valence-electron chi connectivity index (χ3n) is 2.95. The van der Waals surface area contributed by atoms with Crippen LogP contribution >= 0.6 is 34.4 Å². The van der Waals surface area contributed by atoms with Crippen LogP contribution < -0.4 is 0 Å². The lowest BCUT2D eigenvalue weighted by atomic mass is 10.3. The highest BCUT2D eigenvalue weighted by molar-refractivity contribution is 14.1. The molecular weight excluding hydrogens is 363 g/mol. The van der Waals surface area contributed by atoms with Crippen molar-refractivity contribution in [2.75, 3.05) is 0 Å². The van der Waals surface area contributed by atoms with E-state index in [1.165, 1.54) is 37.4 Å². The fourth-order valence-corrected chi connectivity index (χ4v) is 3.50. The summed E-state index contributed by atoms with van der Waals surface area (Å²) >= 11 is 3.72. The summed E-state index contributed by atoms with van der Waals surface area (Å²) in [7, 11) is 0. The van der Waals surface area contributed by atoms with Gasteiger partial charge in [0.2, 0.25) is 5.16 Å². The maximum absolute atomic E-state index is 4.26. The topological polar surface area (TPSA) is 69.4 Å². The molecule has 0 aromatic carbocycles. The monoisotopic (exact) mass is 374 g/mol. The molecule has 0 amide bonds. The highest BCUT2D eigenvalue weighted by atomic mass is 127. The van der Waals surface area contributed by atoms with Gasteiger partial charge in [0.15, 0.2) is 0 Å². The van der Waals surface area contributed by atoms with Crippen molar-refractivity contribution in [2.24, 2.45) is 0 Å². The summed E-state index contributed by atoms with van der Waals surface area (Å²) in [6.07, 6.45) is 8.20. The van der Waals surface area contributed by atoms with Crippen molar-refractivity contribution in [3.8, 4) is 0 Å². The molecule has 94 valence electrons. The Morgan fingerprint density at radius 3 is 2.94 bits per heavy atom. The van der Waals surface area contributed by atoms with E-state index in [-0.39, 0.29) is 0 Å². The predicted octanol–water partition coefficient (Wildman–Crippen LogP) is 2.33. The molecule has 8 heteroatoms. The van der Waals surface area contributed by atoms with Crippen molar-refractivity contribution in [1.29, 1.82) is 0 Å². The van der Waals surface area contributed by atoms with Crippen molar-refractivity contribution in [1.82, 2.24) is 30.2 Å². The van der Waals surface area contributed by atoms with Gasteiger partial charge in [0.05, 0.1) is 9.61 Å². The summed E-state index contributed by atoms with van der Waals surface area (Å²) in [6, 6.07) is 0.446. The minimum absolute atomic E-state index is 0.446. The van der Waals surface area contributed by atoms with Crippen LogP contribution in [0.25, 0.3) is 0 Å². The van der Waals surface area contributed by atoms with Crippen LogP contribution in [0.3, 0.4) is 0 Å². The van der Waals surface area contributed by atoms with E-state index in [4.69, 9.17) is 0 Å². The molecule has 0 unspecified atom stereocenters. The first-order valence-corrected chi connectivity index (χ1v) is 7.65. The Morgan fingerprint density at radius 1 is 1.33 bits per heavy atom. The molecule has 0 N–H and O–H groups in total. The van der Waals surface area contributed by atoms with E-state index in [0.29, 0.717) is 6.04 Å². The summed E-state index contributed by atoms with van der Waals surface area (Å²) in [5.41, 5.74) is 0. The van der Waals surface area contributed by atoms with Crippen LogP contribution in [0.4, 0.5) is 0 Å². The molecular formula is C10H11IN6S. The van der Waals surface area contributed by atoms with E-state index >= 15 is 0 Å². The van der Waals surface area contributed by atoms with Gasteiger partial charge < -0.3 is 0 Å². The zero-order valence-corrected chi connectivity index (χ0v) is 12.5. The van der Waals surface area contributed by atoms with E-state index < -0.39 is 0 Å². The lowest BCUT2D eigenvalue weighted by molar-refractivity contribution is 0.423. The molecule has 1 aliphatic carbocycles. The third-order valence-corrected chi connectivity index (χ3v) is 5.08. The normalized spacial score (nSPS) is 16.3. The summed E-state index contributed by atoms with van der Waals surface area (Å²) < 4.78 is 2.96. The number of halogens is 1. The van der Waals surface area contributed by atoms with Crippen LogP contribution in [-0.4, -0.2) is 30.2 Å². The maximum atomic E-state index is 4.26. The first kappa shape index (κ1) is 12.3. The summed E-state index contributed by atoms with van der Waals surface area (Å²) in [5, 5.41) is 13.7. The summed E-state index contributed by atoms with van der Waals surface area (Å²) in [6.45, 7) is 0. The quantitative estimate of drug-likeness (QED) is 0.607. The Balaban J connectivity index is 1.85. The average Bonchev–Trinajstić information content (AvgIpc) is 3.02. The molecule has 1 fully saturated rings. The van der Waals surface area contributed by atoms with Crippen LogP contribution in [0.2, 0.25) is 0 Å². The van der Waals surface area contributed by atoms with Gasteiger partial charge in [-0.2, -0.15) is 0 Å². The van der Waals surface area contributed by atoms with Crippen LogP contribution in [0.5, 0.6) is 0 Å². The van der Waals surface area contributed by atoms with E-state index in [1.807, 2.05) is 4.68 Å². The van der Waals surface area contributed by atoms with Crippen LogP contribution in [-0.2, 0) is 0 Å². The van der Waals surface area contributed by atoms with Crippen molar-refractivity contribution in [3.05, 3.63) is 16.1 Å². The van der Waals surface area contributed by atoms with Gasteiger partial charge in [0.25, 0.3) is 0 Å². The van der Waals surface area contributed by atoms with Gasteiger partial charge in [-0.25, -0.2) is 14.6 Å². The minimum Gasteiger partial charge on any atom is -0.244 e. The van der Waals surface area contributed by atoms with Gasteiger partial charge in [0, 0.05) is 6.20 Å². The van der Waals surface area contributed by atoms with Crippen molar-refractivity contribution in [2.45, 2.75) is 41.9 Å². The van der Waals surface area contributed by atoms with Crippen molar-refractivity contribution in [3.63, 3.8) is 0 Å². The molecule has 2 heterocycles. The van der Waals surface area contributed by atoms with Gasteiger partial charge in [-0.3, -0.25) is 0 Å². The molecule has 0 saturated heterocycles. The highest BCUT2D eigenvalue weighted by Crippen LogP contribution is 2.34. The summed E-state index contributed by atoms with van der Waals surface area (Å²) in [4.78, 5) is 8.24. The van der Waals surface area contributed by atoms with Gasteiger partial charge >= 0.3 is 0 Å². The Morgan fingerprint density at radius 2 is 2.17 bits per heavy atom. The smallest absolute Gasteiger partial charge is 0.215 e. The lowest BCUT2D eigenvalue weighted by Crippen LogP contribution is -2.08. The molecule has 0 atom stereocenters. The van der Waals surface area contributed by atoms with Crippen molar-refractivity contribution >= 4 is 34.4 Å². The first-order chi connectivity index (χ1) is 8.84. The molecule has 1 aliphatic rings. The number of hydrogen-bond donors (Lipinski definition) is 0. The second-order valence-corrected chi connectivity index (χ2v) is 6.24. The minimum atomic E-state index is 0.446. The van der Waals surface area contributed by atoms with E-state index in [1.54, 1.807) is 12.5 Å². The predicted molar refractivity (Wildman–Crippen MR) is 74.2 cm³/mol. The fourth-order valence-electron chi connectivity index (χ4n) is 2.09. The van der Waals surface area contributed by atoms with Crippen LogP contribution in [0, 0.1) is 3.57 Å². The molecule has 2 aromatic heterocycles. The molecule has 0 aliphatic heterocycles. The van der Waals surface area contributed by atoms with Crippen molar-refractivity contribution < 1.29 is 0 Å². The van der Waals surface area contributed by atoms with Gasteiger partial charge in [-0.05, 0) is 57.6 Å². The SMILES string of the molecule is Ic1cncnc1Sc1nnnn1C1CCCC1. The zero-order chi connectivity index (χ0) is 12.4. The second kappa shape index (κ2) is 5.47. The molecule has 18 heavy (non-hydrogen) atoms. The molecule has 0 bridgehead atoms. The average molecular weight is 374 g/mol. The van der Waals surface area contributed by atoms with Crippen LogP contribution in [0.1, 0.15) is 31.7 Å². The standard InChI is InChI=1S/C10H11IN6S/c11-8-5-12-6-13-9(8)18-10-14-15-16-17(10)7-3-1-2-4-7/h5-7H,1-4H2. The number of aromatic nitrogens is 6. The number of rotatable bonds is 3. The number of tetrazole rings is 1. The fraction of sp³-hybridized carbons (Fsp3) is 0.500. The Labute approximate surface area is 122 Å². The van der Waals surface area contributed by atoms with Gasteiger partial charge in [-0.15, -0.1) is 5.10 Å². The van der Waals surface area contributed by atoms with E-state index in [9.17, 15) is 0 Å². The number of hydrogen-bond acceptors (Lipinski definition) is 6. The summed E-state index contributed by atoms with van der Waals surface area (Å²) in [5.74, 6) is 0. The highest BCUT2D eigenvalue weighted by Gasteiger charge is 2.22. The Hall–Kier alpha value is -0.770. The Bertz CT molecular complexity index is 539. The molecule has 1 saturated carbocycles. The maximum Gasteiger partial charge on any atom is 0.215 e. The van der Waals surface area contributed by atoms with Gasteiger partial charge in [0.1, 0.15) is 11.4 Å². The third kappa shape index (κ3) is 2.48. The lowest BCUT2D eigenvalue weighted by Gasteiger charge is -2.10. The molecule has 2 aromatic rings. The van der Waals surface area contributed by atoms with Crippen LogP contribution in [0.15, 0.2) is 22.7 Å². The van der Waals surface area contributed by atoms with E-state index in [0.717, 1.165) is 13.8 Å². The molecule has 0 spiro atoms. The number of nitrogens with zero attached hydrogens (tertiary/aromatic N) is 6. The molecule has 0 radical (unpaired) electrons. The van der Waals surface area contributed by atoms with E-state index in [2.05, 4.69) is 48.1 Å². The second-order valence-electron chi connectivity index (χ2n) is 4.12. The Kier molecular flexibility index (Phi) is 3.73. The zero-order valence-electron chi connectivity index (χ0n) is 9.53.